The van der Waals surface area contributed by atoms with E-state index in [-0.39, 0.29) is 23.7 Å². The third-order valence-electron chi connectivity index (χ3n) is 2.01. The number of halogens is 3. The molecule has 7 heteroatoms. The van der Waals surface area contributed by atoms with Crippen LogP contribution in [0.2, 0.25) is 0 Å². The van der Waals surface area contributed by atoms with Crippen LogP contribution in [0.1, 0.15) is 10.4 Å². The van der Waals surface area contributed by atoms with E-state index in [1.54, 1.807) is 13.1 Å². The molecule has 0 heterocycles. The third kappa shape index (κ3) is 5.29. The lowest BCUT2D eigenvalue weighted by Crippen LogP contribution is -2.30. The molecule has 4 nitrogen and oxygen atoms in total. The maximum atomic E-state index is 12.1. The quantitative estimate of drug-likeness (QED) is 0.779. The van der Waals surface area contributed by atoms with Crippen LogP contribution in [0.4, 0.5) is 8.78 Å². The standard InChI is InChI=1S/C11H14F2N2O2.ClH/c1-14-6-7-15-10(16)8-4-2-3-5-9(8)17-11(12)13;/h2-5,11,14H,6-7H2,1H3,(H,15,16);1H. The molecule has 0 aliphatic rings. The lowest BCUT2D eigenvalue weighted by Gasteiger charge is -2.10. The van der Waals surface area contributed by atoms with E-state index in [2.05, 4.69) is 15.4 Å². The zero-order chi connectivity index (χ0) is 12.7. The molecule has 0 saturated carbocycles. The van der Waals surface area contributed by atoms with E-state index in [0.717, 1.165) is 0 Å². The Morgan fingerprint density at radius 2 is 2.00 bits per heavy atom. The van der Waals surface area contributed by atoms with Gasteiger partial charge in [0.1, 0.15) is 5.75 Å². The van der Waals surface area contributed by atoms with E-state index in [9.17, 15) is 13.6 Å². The summed E-state index contributed by atoms with van der Waals surface area (Å²) in [5.74, 6) is -0.555. The monoisotopic (exact) mass is 280 g/mol. The number of likely N-dealkylation sites (N-methyl/N-ethyl adjacent to an activating group) is 1. The summed E-state index contributed by atoms with van der Waals surface area (Å²) in [6.45, 7) is -1.93. The Kier molecular flexibility index (Phi) is 7.98. The number of benzene rings is 1. The van der Waals surface area contributed by atoms with Crippen molar-refractivity contribution in [3.63, 3.8) is 0 Å². The van der Waals surface area contributed by atoms with Gasteiger partial charge in [0.2, 0.25) is 0 Å². The second kappa shape index (κ2) is 8.66. The van der Waals surface area contributed by atoms with Crippen LogP contribution < -0.4 is 15.4 Å². The first-order valence-corrected chi connectivity index (χ1v) is 5.11. The first-order chi connectivity index (χ1) is 8.15. The highest BCUT2D eigenvalue weighted by atomic mass is 35.5. The van der Waals surface area contributed by atoms with Crippen LogP contribution in [0.3, 0.4) is 0 Å². The number of carbonyl (C=O) groups is 1. The molecule has 1 aromatic rings. The van der Waals surface area contributed by atoms with E-state index in [0.29, 0.717) is 13.1 Å². The molecule has 0 bridgehead atoms. The topological polar surface area (TPSA) is 50.4 Å². The molecule has 1 rings (SSSR count). The van der Waals surface area contributed by atoms with E-state index < -0.39 is 12.5 Å². The number of amides is 1. The predicted octanol–water partition coefficient (Wildman–Crippen LogP) is 1.66. The maximum absolute atomic E-state index is 12.1. The average Bonchev–Trinajstić information content (AvgIpc) is 2.29. The number of rotatable bonds is 6. The van der Waals surface area contributed by atoms with Crippen LogP contribution in [0.15, 0.2) is 24.3 Å². The Balaban J connectivity index is 0.00000289. The van der Waals surface area contributed by atoms with Crippen molar-refractivity contribution in [3.05, 3.63) is 29.8 Å². The van der Waals surface area contributed by atoms with Crippen LogP contribution in [0, 0.1) is 0 Å². The fourth-order valence-electron chi connectivity index (χ4n) is 1.25. The van der Waals surface area contributed by atoms with Gasteiger partial charge >= 0.3 is 6.61 Å². The normalized spacial score (nSPS) is 9.78. The van der Waals surface area contributed by atoms with Crippen LogP contribution in [0.25, 0.3) is 0 Å². The molecule has 0 fully saturated rings. The van der Waals surface area contributed by atoms with E-state index in [4.69, 9.17) is 0 Å². The second-order valence-electron chi connectivity index (χ2n) is 3.23. The average molecular weight is 281 g/mol. The fraction of sp³-hybridized carbons (Fsp3) is 0.364. The summed E-state index contributed by atoms with van der Waals surface area (Å²) in [7, 11) is 1.75. The molecular formula is C11H15ClF2N2O2. The van der Waals surface area contributed by atoms with Crippen LogP contribution >= 0.6 is 12.4 Å². The Morgan fingerprint density at radius 1 is 1.33 bits per heavy atom. The zero-order valence-electron chi connectivity index (χ0n) is 9.78. The molecule has 102 valence electrons. The van der Waals surface area contributed by atoms with Crippen molar-refractivity contribution in [2.75, 3.05) is 20.1 Å². The number of ether oxygens (including phenoxy) is 1. The largest absolute Gasteiger partial charge is 0.434 e. The summed E-state index contributed by atoms with van der Waals surface area (Å²) in [6, 6.07) is 5.89. The van der Waals surface area contributed by atoms with Gasteiger partial charge in [-0.15, -0.1) is 12.4 Å². The molecular weight excluding hydrogens is 266 g/mol. The molecule has 0 unspecified atom stereocenters. The van der Waals surface area contributed by atoms with Gasteiger partial charge in [0, 0.05) is 13.1 Å². The van der Waals surface area contributed by atoms with Gasteiger partial charge in [-0.2, -0.15) is 8.78 Å². The number of alkyl halides is 2. The molecule has 18 heavy (non-hydrogen) atoms. The number of hydrogen-bond acceptors (Lipinski definition) is 3. The zero-order valence-corrected chi connectivity index (χ0v) is 10.6. The minimum atomic E-state index is -2.94. The van der Waals surface area contributed by atoms with Crippen molar-refractivity contribution >= 4 is 18.3 Å². The van der Waals surface area contributed by atoms with Crippen LogP contribution in [-0.2, 0) is 0 Å². The number of nitrogens with one attached hydrogen (secondary N) is 2. The van der Waals surface area contributed by atoms with Crippen LogP contribution in [-0.4, -0.2) is 32.7 Å². The van der Waals surface area contributed by atoms with Crippen LogP contribution in [0.5, 0.6) is 5.75 Å². The Bertz CT molecular complexity index is 378. The van der Waals surface area contributed by atoms with Crippen molar-refractivity contribution in [1.29, 1.82) is 0 Å². The molecule has 1 amide bonds. The van der Waals surface area contributed by atoms with Gasteiger partial charge in [-0.25, -0.2) is 0 Å². The number of hydrogen-bond donors (Lipinski definition) is 2. The van der Waals surface area contributed by atoms with E-state index in [1.165, 1.54) is 18.2 Å². The maximum Gasteiger partial charge on any atom is 0.387 e. The first kappa shape index (κ1) is 16.6. The summed E-state index contributed by atoms with van der Waals surface area (Å²) < 4.78 is 28.5. The van der Waals surface area contributed by atoms with Gasteiger partial charge < -0.3 is 15.4 Å². The van der Waals surface area contributed by atoms with Gasteiger partial charge in [0.25, 0.3) is 5.91 Å². The molecule has 0 spiro atoms. The molecule has 0 aliphatic heterocycles. The molecule has 0 saturated heterocycles. The SMILES string of the molecule is CNCCNC(=O)c1ccccc1OC(F)F.Cl. The Labute approximate surface area is 110 Å². The summed E-state index contributed by atoms with van der Waals surface area (Å²) in [5.41, 5.74) is 0.101. The van der Waals surface area contributed by atoms with Gasteiger partial charge in [-0.05, 0) is 19.2 Å². The summed E-state index contributed by atoms with van der Waals surface area (Å²) in [5, 5.41) is 5.44. The van der Waals surface area contributed by atoms with E-state index in [1.807, 2.05) is 0 Å². The number of carbonyl (C=O) groups excluding carboxylic acids is 1. The molecule has 0 aromatic heterocycles. The highest BCUT2D eigenvalue weighted by molar-refractivity contribution is 5.96. The van der Waals surface area contributed by atoms with Crippen molar-refractivity contribution in [2.45, 2.75) is 6.61 Å². The minimum Gasteiger partial charge on any atom is -0.434 e. The van der Waals surface area contributed by atoms with Gasteiger partial charge in [0.05, 0.1) is 5.56 Å². The highest BCUT2D eigenvalue weighted by Gasteiger charge is 2.14. The first-order valence-electron chi connectivity index (χ1n) is 5.11. The fourth-order valence-corrected chi connectivity index (χ4v) is 1.25. The van der Waals surface area contributed by atoms with Crippen molar-refractivity contribution in [3.8, 4) is 5.75 Å². The lowest BCUT2D eigenvalue weighted by molar-refractivity contribution is -0.0501. The molecule has 2 N–H and O–H groups in total. The third-order valence-corrected chi connectivity index (χ3v) is 2.01. The molecule has 0 aliphatic carbocycles. The minimum absolute atomic E-state index is 0. The van der Waals surface area contributed by atoms with Crippen molar-refractivity contribution < 1.29 is 18.3 Å². The summed E-state index contributed by atoms with van der Waals surface area (Å²) in [6.07, 6.45) is 0. The number of para-hydroxylation sites is 1. The Morgan fingerprint density at radius 3 is 2.61 bits per heavy atom. The lowest BCUT2D eigenvalue weighted by atomic mass is 10.2. The van der Waals surface area contributed by atoms with Gasteiger partial charge in [-0.1, -0.05) is 12.1 Å². The Hall–Kier alpha value is -1.40. The predicted molar refractivity (Wildman–Crippen MR) is 66.6 cm³/mol. The van der Waals surface area contributed by atoms with Gasteiger partial charge in [0.15, 0.2) is 0 Å². The van der Waals surface area contributed by atoms with E-state index >= 15 is 0 Å². The molecule has 0 radical (unpaired) electrons. The second-order valence-corrected chi connectivity index (χ2v) is 3.23. The van der Waals surface area contributed by atoms with Gasteiger partial charge in [-0.3, -0.25) is 4.79 Å². The van der Waals surface area contributed by atoms with Crippen molar-refractivity contribution in [2.24, 2.45) is 0 Å². The molecule has 1 aromatic carbocycles. The smallest absolute Gasteiger partial charge is 0.387 e. The van der Waals surface area contributed by atoms with Crippen molar-refractivity contribution in [1.82, 2.24) is 10.6 Å². The summed E-state index contributed by atoms with van der Waals surface area (Å²) >= 11 is 0. The molecule has 0 atom stereocenters. The summed E-state index contributed by atoms with van der Waals surface area (Å²) in [4.78, 5) is 11.7. The highest BCUT2D eigenvalue weighted by Crippen LogP contribution is 2.19.